The standard InChI is InChI=1S/C17H28O3/c1-13(2)7-5-8-14(3)9-6-10-15(16-12-20-16)11-17(18)19-4/h7,9,15-16H,5-6,8,10-12H2,1-4H3. The number of carbonyl (C=O) groups is 1. The van der Waals surface area contributed by atoms with Gasteiger partial charge in [-0.25, -0.2) is 0 Å². The first-order valence-corrected chi connectivity index (χ1v) is 7.50. The molecule has 0 spiro atoms. The highest BCUT2D eigenvalue weighted by atomic mass is 16.6. The van der Waals surface area contributed by atoms with E-state index in [2.05, 4.69) is 32.9 Å². The lowest BCUT2D eigenvalue weighted by Gasteiger charge is -2.11. The average Bonchev–Trinajstić information content (AvgIpc) is 3.21. The first-order valence-electron chi connectivity index (χ1n) is 7.50. The quantitative estimate of drug-likeness (QED) is 0.363. The fraction of sp³-hybridized carbons (Fsp3) is 0.706. The summed E-state index contributed by atoms with van der Waals surface area (Å²) in [6.07, 6.45) is 9.57. The van der Waals surface area contributed by atoms with Crippen molar-refractivity contribution in [2.75, 3.05) is 13.7 Å². The van der Waals surface area contributed by atoms with E-state index >= 15 is 0 Å². The summed E-state index contributed by atoms with van der Waals surface area (Å²) in [7, 11) is 1.44. The number of rotatable bonds is 9. The average molecular weight is 280 g/mol. The summed E-state index contributed by atoms with van der Waals surface area (Å²) in [5.74, 6) is 0.180. The van der Waals surface area contributed by atoms with E-state index in [-0.39, 0.29) is 12.1 Å². The molecule has 1 heterocycles. The van der Waals surface area contributed by atoms with Gasteiger partial charge in [0.05, 0.1) is 26.2 Å². The second-order valence-corrected chi connectivity index (χ2v) is 5.86. The molecule has 1 saturated heterocycles. The zero-order chi connectivity index (χ0) is 15.0. The minimum atomic E-state index is -0.130. The number of hydrogen-bond acceptors (Lipinski definition) is 3. The summed E-state index contributed by atoms with van der Waals surface area (Å²) in [5.41, 5.74) is 2.80. The van der Waals surface area contributed by atoms with Gasteiger partial charge in [0, 0.05) is 0 Å². The van der Waals surface area contributed by atoms with Crippen LogP contribution in [0.1, 0.15) is 52.9 Å². The molecule has 0 saturated carbocycles. The molecule has 1 rings (SSSR count). The van der Waals surface area contributed by atoms with E-state index in [0.717, 1.165) is 32.3 Å². The maximum absolute atomic E-state index is 11.4. The highest BCUT2D eigenvalue weighted by Crippen LogP contribution is 2.28. The van der Waals surface area contributed by atoms with Gasteiger partial charge in [-0.3, -0.25) is 4.79 Å². The maximum atomic E-state index is 11.4. The molecule has 2 unspecified atom stereocenters. The Kier molecular flexibility index (Phi) is 7.60. The van der Waals surface area contributed by atoms with Gasteiger partial charge in [-0.2, -0.15) is 0 Å². The number of methoxy groups -OCH3 is 1. The van der Waals surface area contributed by atoms with Crippen molar-refractivity contribution in [3.05, 3.63) is 23.3 Å². The molecule has 1 aliphatic heterocycles. The maximum Gasteiger partial charge on any atom is 0.305 e. The van der Waals surface area contributed by atoms with Crippen LogP contribution in [-0.2, 0) is 14.3 Å². The van der Waals surface area contributed by atoms with Gasteiger partial charge in [-0.05, 0) is 52.4 Å². The Morgan fingerprint density at radius 1 is 1.30 bits per heavy atom. The molecule has 1 aliphatic rings. The molecule has 0 bridgehead atoms. The van der Waals surface area contributed by atoms with Gasteiger partial charge in [0.25, 0.3) is 0 Å². The van der Waals surface area contributed by atoms with Crippen LogP contribution in [0.25, 0.3) is 0 Å². The molecule has 0 aromatic rings. The van der Waals surface area contributed by atoms with Crippen LogP contribution in [-0.4, -0.2) is 25.8 Å². The van der Waals surface area contributed by atoms with Crippen LogP contribution in [0, 0.1) is 5.92 Å². The highest BCUT2D eigenvalue weighted by molar-refractivity contribution is 5.69. The third-order valence-corrected chi connectivity index (χ3v) is 3.66. The molecule has 0 amide bonds. The molecule has 1 fully saturated rings. The smallest absolute Gasteiger partial charge is 0.305 e. The first kappa shape index (κ1) is 17.0. The molecule has 0 radical (unpaired) electrons. The Hall–Kier alpha value is -1.09. The molecule has 3 heteroatoms. The van der Waals surface area contributed by atoms with E-state index in [1.165, 1.54) is 18.3 Å². The lowest BCUT2D eigenvalue weighted by molar-refractivity contribution is -0.141. The molecule has 0 N–H and O–H groups in total. The molecule has 0 aliphatic carbocycles. The Morgan fingerprint density at radius 3 is 2.55 bits per heavy atom. The van der Waals surface area contributed by atoms with Crippen LogP contribution in [0.3, 0.4) is 0 Å². The molecular weight excluding hydrogens is 252 g/mol. The van der Waals surface area contributed by atoms with Crippen molar-refractivity contribution in [1.82, 2.24) is 0 Å². The monoisotopic (exact) mass is 280 g/mol. The van der Waals surface area contributed by atoms with E-state index < -0.39 is 0 Å². The zero-order valence-electron chi connectivity index (χ0n) is 13.3. The lowest BCUT2D eigenvalue weighted by Crippen LogP contribution is -2.15. The predicted octanol–water partition coefficient (Wildman–Crippen LogP) is 4.04. The fourth-order valence-corrected chi connectivity index (χ4v) is 2.28. The predicted molar refractivity (Wildman–Crippen MR) is 81.5 cm³/mol. The first-order chi connectivity index (χ1) is 9.52. The second-order valence-electron chi connectivity index (χ2n) is 5.86. The van der Waals surface area contributed by atoms with Gasteiger partial charge in [-0.1, -0.05) is 23.3 Å². The van der Waals surface area contributed by atoms with Crippen molar-refractivity contribution in [2.45, 2.75) is 59.0 Å². The Balaban J connectivity index is 2.28. The summed E-state index contributed by atoms with van der Waals surface area (Å²) in [5, 5.41) is 0. The van der Waals surface area contributed by atoms with Gasteiger partial charge in [0.1, 0.15) is 0 Å². The van der Waals surface area contributed by atoms with Crippen LogP contribution in [0.5, 0.6) is 0 Å². The van der Waals surface area contributed by atoms with Crippen LogP contribution < -0.4 is 0 Å². The number of epoxide rings is 1. The van der Waals surface area contributed by atoms with Gasteiger partial charge in [-0.15, -0.1) is 0 Å². The van der Waals surface area contributed by atoms with Gasteiger partial charge in [0.2, 0.25) is 0 Å². The van der Waals surface area contributed by atoms with E-state index in [1.807, 2.05) is 0 Å². The molecular formula is C17H28O3. The van der Waals surface area contributed by atoms with Crippen molar-refractivity contribution in [3.8, 4) is 0 Å². The largest absolute Gasteiger partial charge is 0.469 e. The normalized spacial score (nSPS) is 19.4. The van der Waals surface area contributed by atoms with Crippen LogP contribution in [0.4, 0.5) is 0 Å². The van der Waals surface area contributed by atoms with Crippen molar-refractivity contribution >= 4 is 5.97 Å². The Morgan fingerprint density at radius 2 is 2.00 bits per heavy atom. The van der Waals surface area contributed by atoms with Crippen molar-refractivity contribution in [1.29, 1.82) is 0 Å². The minimum absolute atomic E-state index is 0.130. The SMILES string of the molecule is COC(=O)CC(CCC=C(C)CCC=C(C)C)C1CO1. The molecule has 0 aromatic carbocycles. The van der Waals surface area contributed by atoms with E-state index in [1.54, 1.807) is 0 Å². The number of esters is 1. The molecule has 0 aromatic heterocycles. The third-order valence-electron chi connectivity index (χ3n) is 3.66. The number of hydrogen-bond donors (Lipinski definition) is 0. The van der Waals surface area contributed by atoms with Crippen LogP contribution in [0.2, 0.25) is 0 Å². The fourth-order valence-electron chi connectivity index (χ4n) is 2.28. The summed E-state index contributed by atoms with van der Waals surface area (Å²) in [4.78, 5) is 11.4. The van der Waals surface area contributed by atoms with Crippen molar-refractivity contribution in [2.24, 2.45) is 5.92 Å². The van der Waals surface area contributed by atoms with E-state index in [4.69, 9.17) is 9.47 Å². The highest BCUT2D eigenvalue weighted by Gasteiger charge is 2.33. The number of carbonyl (C=O) groups excluding carboxylic acids is 1. The van der Waals surface area contributed by atoms with E-state index in [9.17, 15) is 4.79 Å². The number of ether oxygens (including phenoxy) is 2. The second kappa shape index (κ2) is 8.96. The topological polar surface area (TPSA) is 38.8 Å². The summed E-state index contributed by atoms with van der Waals surface area (Å²) < 4.78 is 10.1. The van der Waals surface area contributed by atoms with Gasteiger partial charge >= 0.3 is 5.97 Å². The number of allylic oxidation sites excluding steroid dienone is 4. The summed E-state index contributed by atoms with van der Waals surface area (Å²) in [6, 6.07) is 0. The molecule has 2 atom stereocenters. The molecule has 114 valence electrons. The van der Waals surface area contributed by atoms with E-state index in [0.29, 0.717) is 12.3 Å². The van der Waals surface area contributed by atoms with Gasteiger partial charge in [0.15, 0.2) is 0 Å². The van der Waals surface area contributed by atoms with Crippen LogP contribution in [0.15, 0.2) is 23.3 Å². The molecule has 3 nitrogen and oxygen atoms in total. The van der Waals surface area contributed by atoms with Crippen LogP contribution >= 0.6 is 0 Å². The molecule has 20 heavy (non-hydrogen) atoms. The third kappa shape index (κ3) is 7.49. The Labute approximate surface area is 123 Å². The Bertz CT molecular complexity index is 360. The van der Waals surface area contributed by atoms with Gasteiger partial charge < -0.3 is 9.47 Å². The summed E-state index contributed by atoms with van der Waals surface area (Å²) in [6.45, 7) is 7.24. The van der Waals surface area contributed by atoms with Crippen molar-refractivity contribution < 1.29 is 14.3 Å². The summed E-state index contributed by atoms with van der Waals surface area (Å²) >= 11 is 0. The minimum Gasteiger partial charge on any atom is -0.469 e. The zero-order valence-corrected chi connectivity index (χ0v) is 13.3. The lowest BCUT2D eigenvalue weighted by atomic mass is 9.95. The van der Waals surface area contributed by atoms with Crippen molar-refractivity contribution in [3.63, 3.8) is 0 Å².